The first-order valence-corrected chi connectivity index (χ1v) is 8.48. The Morgan fingerprint density at radius 3 is 2.39 bits per heavy atom. The average molecular weight is 384 g/mol. The van der Waals surface area contributed by atoms with E-state index >= 15 is 0 Å². The number of anilines is 1. The molecule has 6 heteroatoms. The molecular weight excluding hydrogens is 358 g/mol. The van der Waals surface area contributed by atoms with Gasteiger partial charge in [-0.1, -0.05) is 22.9 Å². The normalized spacial score (nSPS) is 11.4. The molecule has 0 aromatic heterocycles. The van der Waals surface area contributed by atoms with E-state index in [1.54, 1.807) is 11.9 Å². The van der Waals surface area contributed by atoms with Gasteiger partial charge in [0.15, 0.2) is 0 Å². The Morgan fingerprint density at radius 2 is 1.83 bits per heavy atom. The SMILES string of the molecule is CCC(C)(C)NC(=O)CN(C)CC(=O)Nc1ccc(Br)cc1C. The van der Waals surface area contributed by atoms with Crippen molar-refractivity contribution in [3.05, 3.63) is 28.2 Å². The van der Waals surface area contributed by atoms with Crippen LogP contribution in [-0.2, 0) is 9.59 Å². The van der Waals surface area contributed by atoms with Crippen molar-refractivity contribution in [2.24, 2.45) is 0 Å². The van der Waals surface area contributed by atoms with Crippen LogP contribution in [0.3, 0.4) is 0 Å². The molecule has 2 amide bonds. The van der Waals surface area contributed by atoms with Gasteiger partial charge in [0, 0.05) is 15.7 Å². The number of hydrogen-bond donors (Lipinski definition) is 2. The standard InChI is InChI=1S/C17H26BrN3O2/c1-6-17(3,4)20-16(23)11-21(5)10-15(22)19-14-8-7-13(18)9-12(14)2/h7-9H,6,10-11H2,1-5H3,(H,19,22)(H,20,23). The smallest absolute Gasteiger partial charge is 0.238 e. The highest BCUT2D eigenvalue weighted by Gasteiger charge is 2.19. The topological polar surface area (TPSA) is 61.4 Å². The van der Waals surface area contributed by atoms with E-state index in [1.165, 1.54) is 0 Å². The minimum absolute atomic E-state index is 0.0769. The van der Waals surface area contributed by atoms with Crippen molar-refractivity contribution in [2.75, 3.05) is 25.5 Å². The van der Waals surface area contributed by atoms with E-state index in [2.05, 4.69) is 26.6 Å². The number of nitrogens with zero attached hydrogens (tertiary/aromatic N) is 1. The molecule has 0 aliphatic carbocycles. The number of halogens is 1. The number of nitrogens with one attached hydrogen (secondary N) is 2. The lowest BCUT2D eigenvalue weighted by atomic mass is 10.0. The first-order chi connectivity index (χ1) is 10.6. The highest BCUT2D eigenvalue weighted by atomic mass is 79.9. The molecular formula is C17H26BrN3O2. The summed E-state index contributed by atoms with van der Waals surface area (Å²) in [5.74, 6) is -0.215. The highest BCUT2D eigenvalue weighted by molar-refractivity contribution is 9.10. The predicted octanol–water partition coefficient (Wildman–Crippen LogP) is 2.93. The molecule has 0 aliphatic rings. The lowest BCUT2D eigenvalue weighted by molar-refractivity contribution is -0.124. The Bertz CT molecular complexity index is 573. The molecule has 0 saturated carbocycles. The maximum absolute atomic E-state index is 12.1. The Balaban J connectivity index is 2.49. The third kappa shape index (κ3) is 7.14. The van der Waals surface area contributed by atoms with Gasteiger partial charge in [-0.25, -0.2) is 0 Å². The van der Waals surface area contributed by atoms with Crippen LogP contribution in [0.5, 0.6) is 0 Å². The first-order valence-electron chi connectivity index (χ1n) is 7.68. The molecule has 0 aliphatic heterocycles. The maximum Gasteiger partial charge on any atom is 0.238 e. The number of hydrogen-bond acceptors (Lipinski definition) is 3. The van der Waals surface area contributed by atoms with Crippen molar-refractivity contribution < 1.29 is 9.59 Å². The number of likely N-dealkylation sites (N-methyl/N-ethyl adjacent to an activating group) is 1. The predicted molar refractivity (Wildman–Crippen MR) is 97.5 cm³/mol. The van der Waals surface area contributed by atoms with Gasteiger partial charge in [0.1, 0.15) is 0 Å². The largest absolute Gasteiger partial charge is 0.350 e. The van der Waals surface area contributed by atoms with E-state index in [4.69, 9.17) is 0 Å². The van der Waals surface area contributed by atoms with E-state index in [0.29, 0.717) is 0 Å². The molecule has 0 saturated heterocycles. The number of carbonyl (C=O) groups is 2. The summed E-state index contributed by atoms with van der Waals surface area (Å²) in [5.41, 5.74) is 1.54. The van der Waals surface area contributed by atoms with E-state index in [-0.39, 0.29) is 30.4 Å². The molecule has 0 spiro atoms. The molecule has 2 N–H and O–H groups in total. The minimum Gasteiger partial charge on any atom is -0.350 e. The van der Waals surface area contributed by atoms with Crippen LogP contribution in [0, 0.1) is 6.92 Å². The fourth-order valence-corrected chi connectivity index (χ4v) is 2.48. The lowest BCUT2D eigenvalue weighted by Gasteiger charge is -2.26. The van der Waals surface area contributed by atoms with Crippen LogP contribution in [-0.4, -0.2) is 42.4 Å². The zero-order chi connectivity index (χ0) is 17.6. The van der Waals surface area contributed by atoms with Crippen molar-refractivity contribution in [1.82, 2.24) is 10.2 Å². The fraction of sp³-hybridized carbons (Fsp3) is 0.529. The van der Waals surface area contributed by atoms with Crippen LogP contribution in [0.2, 0.25) is 0 Å². The van der Waals surface area contributed by atoms with Gasteiger partial charge in [0.25, 0.3) is 0 Å². The van der Waals surface area contributed by atoms with Crippen LogP contribution in [0.4, 0.5) is 5.69 Å². The highest BCUT2D eigenvalue weighted by Crippen LogP contribution is 2.19. The van der Waals surface area contributed by atoms with Gasteiger partial charge < -0.3 is 10.6 Å². The zero-order valence-corrected chi connectivity index (χ0v) is 16.1. The molecule has 1 rings (SSSR count). The summed E-state index contributed by atoms with van der Waals surface area (Å²) in [7, 11) is 1.76. The second-order valence-corrected chi connectivity index (χ2v) is 7.38. The number of carbonyl (C=O) groups excluding carboxylic acids is 2. The van der Waals surface area contributed by atoms with Gasteiger partial charge >= 0.3 is 0 Å². The summed E-state index contributed by atoms with van der Waals surface area (Å²) in [6.07, 6.45) is 0.853. The van der Waals surface area contributed by atoms with Crippen molar-refractivity contribution in [3.63, 3.8) is 0 Å². The van der Waals surface area contributed by atoms with Gasteiger partial charge in [-0.3, -0.25) is 14.5 Å². The van der Waals surface area contributed by atoms with Crippen molar-refractivity contribution in [3.8, 4) is 0 Å². The van der Waals surface area contributed by atoms with E-state index in [0.717, 1.165) is 22.1 Å². The zero-order valence-electron chi connectivity index (χ0n) is 14.5. The molecule has 0 unspecified atom stereocenters. The van der Waals surface area contributed by atoms with Crippen LogP contribution >= 0.6 is 15.9 Å². The van der Waals surface area contributed by atoms with Crippen LogP contribution in [0.25, 0.3) is 0 Å². The third-order valence-electron chi connectivity index (χ3n) is 3.65. The van der Waals surface area contributed by atoms with Crippen molar-refractivity contribution in [1.29, 1.82) is 0 Å². The second kappa shape index (κ2) is 8.45. The Labute approximate surface area is 146 Å². The summed E-state index contributed by atoms with van der Waals surface area (Å²) in [4.78, 5) is 25.8. The summed E-state index contributed by atoms with van der Waals surface area (Å²) in [6.45, 7) is 8.27. The molecule has 0 fully saturated rings. The van der Waals surface area contributed by atoms with Crippen molar-refractivity contribution in [2.45, 2.75) is 39.7 Å². The molecule has 1 aromatic rings. The number of benzene rings is 1. The minimum atomic E-state index is -0.227. The van der Waals surface area contributed by atoms with Gasteiger partial charge in [0.2, 0.25) is 11.8 Å². The molecule has 128 valence electrons. The monoisotopic (exact) mass is 383 g/mol. The average Bonchev–Trinajstić information content (AvgIpc) is 2.40. The Hall–Kier alpha value is -1.40. The molecule has 5 nitrogen and oxygen atoms in total. The van der Waals surface area contributed by atoms with E-state index in [9.17, 15) is 9.59 Å². The summed E-state index contributed by atoms with van der Waals surface area (Å²) in [6, 6.07) is 5.68. The molecule has 0 atom stereocenters. The molecule has 0 heterocycles. The van der Waals surface area contributed by atoms with Crippen LogP contribution in [0.15, 0.2) is 22.7 Å². The maximum atomic E-state index is 12.1. The number of amides is 2. The summed E-state index contributed by atoms with van der Waals surface area (Å²) in [5, 5.41) is 5.83. The molecule has 0 radical (unpaired) electrons. The third-order valence-corrected chi connectivity index (χ3v) is 4.14. The summed E-state index contributed by atoms with van der Waals surface area (Å²) < 4.78 is 0.973. The molecule has 23 heavy (non-hydrogen) atoms. The molecule has 0 bridgehead atoms. The van der Waals surface area contributed by atoms with Gasteiger partial charge in [0.05, 0.1) is 13.1 Å². The lowest BCUT2D eigenvalue weighted by Crippen LogP contribution is -2.47. The second-order valence-electron chi connectivity index (χ2n) is 6.47. The molecule has 1 aromatic carbocycles. The Morgan fingerprint density at radius 1 is 1.22 bits per heavy atom. The first kappa shape index (κ1) is 19.6. The quantitative estimate of drug-likeness (QED) is 0.760. The van der Waals surface area contributed by atoms with Crippen LogP contribution < -0.4 is 10.6 Å². The van der Waals surface area contributed by atoms with E-state index in [1.807, 2.05) is 45.9 Å². The van der Waals surface area contributed by atoms with Gasteiger partial charge in [-0.2, -0.15) is 0 Å². The Kier molecular flexibility index (Phi) is 7.22. The number of aryl methyl sites for hydroxylation is 1. The number of rotatable bonds is 7. The fourth-order valence-electron chi connectivity index (χ4n) is 2.01. The van der Waals surface area contributed by atoms with Crippen molar-refractivity contribution >= 4 is 33.4 Å². The summed E-state index contributed by atoms with van der Waals surface area (Å²) >= 11 is 3.39. The van der Waals surface area contributed by atoms with Crippen LogP contribution in [0.1, 0.15) is 32.8 Å². The van der Waals surface area contributed by atoms with Gasteiger partial charge in [-0.15, -0.1) is 0 Å². The van der Waals surface area contributed by atoms with Gasteiger partial charge in [-0.05, 0) is 58.0 Å². The van der Waals surface area contributed by atoms with E-state index < -0.39 is 0 Å².